The van der Waals surface area contributed by atoms with E-state index in [1.54, 1.807) is 13.2 Å². The maximum Gasteiger partial charge on any atom is 0.166 e. The second-order valence-corrected chi connectivity index (χ2v) is 3.79. The molecule has 94 valence electrons. The zero-order valence-electron chi connectivity index (χ0n) is 10.8. The van der Waals surface area contributed by atoms with Crippen LogP contribution < -0.4 is 14.8 Å². The van der Waals surface area contributed by atoms with Gasteiger partial charge in [0.25, 0.3) is 0 Å². The van der Waals surface area contributed by atoms with Crippen LogP contribution in [0.25, 0.3) is 0 Å². The summed E-state index contributed by atoms with van der Waals surface area (Å²) < 4.78 is 11.2. The fourth-order valence-corrected chi connectivity index (χ4v) is 1.49. The van der Waals surface area contributed by atoms with Crippen molar-refractivity contribution in [1.29, 1.82) is 0 Å². The average molecular weight is 235 g/mol. The van der Waals surface area contributed by atoms with Crippen molar-refractivity contribution in [2.45, 2.75) is 26.5 Å². The molecule has 0 amide bonds. The Kier molecular flexibility index (Phi) is 5.57. The smallest absolute Gasteiger partial charge is 0.166 e. The molecule has 0 radical (unpaired) electrons. The fourth-order valence-electron chi connectivity index (χ4n) is 1.49. The first kappa shape index (κ1) is 13.6. The third-order valence-corrected chi connectivity index (χ3v) is 2.48. The molecule has 0 aromatic heterocycles. The standard InChI is InChI=1S/C14H21NO2/c1-5-11(3)17-14-12(10-15-6-2)8-7-9-13(14)16-4/h5,7-9,11,15H,1,6,10H2,2-4H3. The van der Waals surface area contributed by atoms with E-state index in [0.29, 0.717) is 0 Å². The number of benzene rings is 1. The van der Waals surface area contributed by atoms with Gasteiger partial charge in [-0.15, -0.1) is 0 Å². The van der Waals surface area contributed by atoms with E-state index in [9.17, 15) is 0 Å². The molecule has 1 aromatic carbocycles. The van der Waals surface area contributed by atoms with Gasteiger partial charge in [0.2, 0.25) is 0 Å². The lowest BCUT2D eigenvalue weighted by atomic mass is 10.1. The fraction of sp³-hybridized carbons (Fsp3) is 0.429. The topological polar surface area (TPSA) is 30.5 Å². The SMILES string of the molecule is C=CC(C)Oc1c(CNCC)cccc1OC. The van der Waals surface area contributed by atoms with Gasteiger partial charge >= 0.3 is 0 Å². The summed E-state index contributed by atoms with van der Waals surface area (Å²) >= 11 is 0. The highest BCUT2D eigenvalue weighted by atomic mass is 16.5. The van der Waals surface area contributed by atoms with E-state index in [0.717, 1.165) is 30.2 Å². The van der Waals surface area contributed by atoms with Gasteiger partial charge in [0, 0.05) is 12.1 Å². The maximum absolute atomic E-state index is 5.83. The predicted molar refractivity (Wildman–Crippen MR) is 70.7 cm³/mol. The highest BCUT2D eigenvalue weighted by molar-refractivity contribution is 5.46. The summed E-state index contributed by atoms with van der Waals surface area (Å²) in [6, 6.07) is 5.91. The summed E-state index contributed by atoms with van der Waals surface area (Å²) in [4.78, 5) is 0. The molecule has 1 atom stereocenters. The first-order valence-electron chi connectivity index (χ1n) is 5.88. The zero-order chi connectivity index (χ0) is 12.7. The lowest BCUT2D eigenvalue weighted by molar-refractivity contribution is 0.251. The minimum absolute atomic E-state index is 0.0355. The van der Waals surface area contributed by atoms with Crippen LogP contribution in [-0.2, 0) is 6.54 Å². The summed E-state index contributed by atoms with van der Waals surface area (Å²) in [5.74, 6) is 1.55. The number of nitrogens with one attached hydrogen (secondary N) is 1. The number of rotatable bonds is 7. The number of hydrogen-bond donors (Lipinski definition) is 1. The molecule has 0 fully saturated rings. The number of methoxy groups -OCH3 is 1. The number of para-hydroxylation sites is 1. The number of hydrogen-bond acceptors (Lipinski definition) is 3. The average Bonchev–Trinajstić information content (AvgIpc) is 2.37. The summed E-state index contributed by atoms with van der Waals surface area (Å²) in [5, 5.41) is 3.29. The maximum atomic E-state index is 5.83. The van der Waals surface area contributed by atoms with E-state index in [2.05, 4.69) is 18.8 Å². The normalized spacial score (nSPS) is 11.9. The van der Waals surface area contributed by atoms with E-state index < -0.39 is 0 Å². The van der Waals surface area contributed by atoms with E-state index in [4.69, 9.17) is 9.47 Å². The lowest BCUT2D eigenvalue weighted by Crippen LogP contribution is -2.15. The van der Waals surface area contributed by atoms with Crippen LogP contribution in [0.15, 0.2) is 30.9 Å². The molecule has 3 nitrogen and oxygen atoms in total. The van der Waals surface area contributed by atoms with E-state index in [-0.39, 0.29) is 6.10 Å². The van der Waals surface area contributed by atoms with Gasteiger partial charge < -0.3 is 14.8 Å². The molecule has 0 aliphatic heterocycles. The Morgan fingerprint density at radius 2 is 2.24 bits per heavy atom. The third kappa shape index (κ3) is 3.79. The van der Waals surface area contributed by atoms with Crippen LogP contribution in [0.3, 0.4) is 0 Å². The Bertz CT molecular complexity index is 363. The monoisotopic (exact) mass is 235 g/mol. The van der Waals surface area contributed by atoms with Gasteiger partial charge in [-0.25, -0.2) is 0 Å². The van der Waals surface area contributed by atoms with Crippen molar-refractivity contribution in [3.8, 4) is 11.5 Å². The Labute approximate surface area is 103 Å². The Morgan fingerprint density at radius 1 is 1.47 bits per heavy atom. The molecular formula is C14H21NO2. The van der Waals surface area contributed by atoms with E-state index in [1.165, 1.54) is 0 Å². The first-order valence-corrected chi connectivity index (χ1v) is 5.88. The Balaban J connectivity index is 2.97. The second-order valence-electron chi connectivity index (χ2n) is 3.79. The van der Waals surface area contributed by atoms with Crippen LogP contribution >= 0.6 is 0 Å². The lowest BCUT2D eigenvalue weighted by Gasteiger charge is -2.17. The van der Waals surface area contributed by atoms with Gasteiger partial charge in [-0.3, -0.25) is 0 Å². The molecule has 1 aromatic rings. The summed E-state index contributed by atoms with van der Waals surface area (Å²) in [7, 11) is 1.65. The highest BCUT2D eigenvalue weighted by Gasteiger charge is 2.11. The first-order chi connectivity index (χ1) is 8.22. The molecule has 0 aliphatic carbocycles. The minimum atomic E-state index is -0.0355. The molecule has 17 heavy (non-hydrogen) atoms. The van der Waals surface area contributed by atoms with Gasteiger partial charge in [0.15, 0.2) is 11.5 Å². The van der Waals surface area contributed by atoms with Crippen LogP contribution in [0.2, 0.25) is 0 Å². The molecule has 3 heteroatoms. The van der Waals surface area contributed by atoms with Crippen molar-refractivity contribution >= 4 is 0 Å². The summed E-state index contributed by atoms with van der Waals surface area (Å²) in [6.07, 6.45) is 1.73. The van der Waals surface area contributed by atoms with Crippen LogP contribution in [0.5, 0.6) is 11.5 Å². The molecule has 1 N–H and O–H groups in total. The van der Waals surface area contributed by atoms with Crippen LogP contribution in [0.1, 0.15) is 19.4 Å². The summed E-state index contributed by atoms with van der Waals surface area (Å²) in [5.41, 5.74) is 1.10. The number of ether oxygens (including phenoxy) is 2. The summed E-state index contributed by atoms with van der Waals surface area (Å²) in [6.45, 7) is 9.45. The Hall–Kier alpha value is -1.48. The van der Waals surface area contributed by atoms with E-state index >= 15 is 0 Å². The third-order valence-electron chi connectivity index (χ3n) is 2.48. The molecule has 1 unspecified atom stereocenters. The van der Waals surface area contributed by atoms with Crippen LogP contribution in [-0.4, -0.2) is 19.8 Å². The predicted octanol–water partition coefficient (Wildman–Crippen LogP) is 2.76. The van der Waals surface area contributed by atoms with Crippen molar-refractivity contribution in [2.75, 3.05) is 13.7 Å². The van der Waals surface area contributed by atoms with Crippen LogP contribution in [0, 0.1) is 0 Å². The molecule has 0 heterocycles. The molecule has 1 rings (SSSR count). The van der Waals surface area contributed by atoms with Gasteiger partial charge in [0.05, 0.1) is 7.11 Å². The minimum Gasteiger partial charge on any atom is -0.493 e. The van der Waals surface area contributed by atoms with Gasteiger partial charge in [-0.1, -0.05) is 31.7 Å². The van der Waals surface area contributed by atoms with Crippen molar-refractivity contribution < 1.29 is 9.47 Å². The molecule has 0 aliphatic rings. The second kappa shape index (κ2) is 6.97. The van der Waals surface area contributed by atoms with Crippen molar-refractivity contribution in [3.63, 3.8) is 0 Å². The molecular weight excluding hydrogens is 214 g/mol. The molecule has 0 bridgehead atoms. The highest BCUT2D eigenvalue weighted by Crippen LogP contribution is 2.32. The van der Waals surface area contributed by atoms with Crippen molar-refractivity contribution in [3.05, 3.63) is 36.4 Å². The zero-order valence-corrected chi connectivity index (χ0v) is 10.8. The Morgan fingerprint density at radius 3 is 2.82 bits per heavy atom. The quantitative estimate of drug-likeness (QED) is 0.737. The van der Waals surface area contributed by atoms with E-state index in [1.807, 2.05) is 25.1 Å². The van der Waals surface area contributed by atoms with Gasteiger partial charge in [0.1, 0.15) is 6.10 Å². The van der Waals surface area contributed by atoms with Crippen molar-refractivity contribution in [1.82, 2.24) is 5.32 Å². The molecule has 0 spiro atoms. The van der Waals surface area contributed by atoms with Gasteiger partial charge in [-0.2, -0.15) is 0 Å². The largest absolute Gasteiger partial charge is 0.493 e. The van der Waals surface area contributed by atoms with Gasteiger partial charge in [-0.05, 0) is 19.5 Å². The molecule has 0 saturated carbocycles. The van der Waals surface area contributed by atoms with Crippen LogP contribution in [0.4, 0.5) is 0 Å². The van der Waals surface area contributed by atoms with Crippen molar-refractivity contribution in [2.24, 2.45) is 0 Å². The molecule has 0 saturated heterocycles.